The first-order valence-electron chi connectivity index (χ1n) is 12.1. The van der Waals surface area contributed by atoms with Gasteiger partial charge in [-0.1, -0.05) is 30.3 Å². The van der Waals surface area contributed by atoms with Crippen molar-refractivity contribution >= 4 is 11.8 Å². The predicted molar refractivity (Wildman–Crippen MR) is 136 cm³/mol. The molecule has 0 unspecified atom stereocenters. The number of methoxy groups -OCH3 is 3. The van der Waals surface area contributed by atoms with Crippen LogP contribution in [0.1, 0.15) is 56.6 Å². The van der Waals surface area contributed by atoms with Crippen LogP contribution in [0.25, 0.3) is 0 Å². The minimum Gasteiger partial charge on any atom is -0.496 e. The van der Waals surface area contributed by atoms with Gasteiger partial charge in [-0.05, 0) is 44.9 Å². The molecule has 0 saturated carbocycles. The van der Waals surface area contributed by atoms with Crippen LogP contribution in [0.15, 0.2) is 65.0 Å². The number of esters is 1. The number of allylic oxidation sites excluding steroid dienone is 3. The molecule has 0 bridgehead atoms. The molecule has 0 amide bonds. The number of ether oxygens (including phenoxy) is 4. The molecular formula is C29H33NO6. The quantitative estimate of drug-likeness (QED) is 0.544. The first kappa shape index (κ1) is 25.4. The summed E-state index contributed by atoms with van der Waals surface area (Å²) < 4.78 is 22.5. The first-order chi connectivity index (χ1) is 17.3. The second kappa shape index (κ2) is 10.5. The maximum absolute atomic E-state index is 13.9. The summed E-state index contributed by atoms with van der Waals surface area (Å²) in [5.41, 5.74) is 4.10. The van der Waals surface area contributed by atoms with Crippen LogP contribution in [-0.4, -0.2) is 39.2 Å². The second-order valence-electron chi connectivity index (χ2n) is 9.30. The topological polar surface area (TPSA) is 83.1 Å². The Labute approximate surface area is 212 Å². The maximum Gasteiger partial charge on any atom is 0.337 e. The number of dihydropyridines is 1. The summed E-state index contributed by atoms with van der Waals surface area (Å²) in [6, 6.07) is 13.3. The minimum absolute atomic E-state index is 0.0307. The zero-order valence-corrected chi connectivity index (χ0v) is 21.6. The molecule has 2 atom stereocenters. The summed E-state index contributed by atoms with van der Waals surface area (Å²) in [7, 11) is 4.76. The average molecular weight is 492 g/mol. The lowest BCUT2D eigenvalue weighted by molar-refractivity contribution is -0.143. The second-order valence-corrected chi connectivity index (χ2v) is 9.30. The Morgan fingerprint density at radius 3 is 2.25 bits per heavy atom. The molecular weight excluding hydrogens is 458 g/mol. The van der Waals surface area contributed by atoms with Crippen molar-refractivity contribution in [2.24, 2.45) is 0 Å². The van der Waals surface area contributed by atoms with Gasteiger partial charge in [0.1, 0.15) is 5.75 Å². The van der Waals surface area contributed by atoms with Crippen LogP contribution >= 0.6 is 0 Å². The molecule has 36 heavy (non-hydrogen) atoms. The smallest absolute Gasteiger partial charge is 0.337 e. The first-order valence-corrected chi connectivity index (χ1v) is 12.1. The molecule has 7 heteroatoms. The molecule has 1 aliphatic heterocycles. The zero-order valence-electron chi connectivity index (χ0n) is 21.6. The van der Waals surface area contributed by atoms with Crippen LogP contribution in [0.4, 0.5) is 0 Å². The number of carbonyl (C=O) groups is 2. The van der Waals surface area contributed by atoms with Gasteiger partial charge in [-0.2, -0.15) is 0 Å². The lowest BCUT2D eigenvalue weighted by Crippen LogP contribution is -2.36. The van der Waals surface area contributed by atoms with Gasteiger partial charge in [0, 0.05) is 34.9 Å². The Kier molecular flexibility index (Phi) is 7.38. The molecule has 0 radical (unpaired) electrons. The molecule has 2 aromatic rings. The van der Waals surface area contributed by atoms with E-state index in [-0.39, 0.29) is 17.8 Å². The highest BCUT2D eigenvalue weighted by Crippen LogP contribution is 2.50. The molecule has 0 spiro atoms. The van der Waals surface area contributed by atoms with Gasteiger partial charge in [0.15, 0.2) is 17.3 Å². The highest BCUT2D eigenvalue weighted by atomic mass is 16.5. The lowest BCUT2D eigenvalue weighted by atomic mass is 9.71. The molecule has 7 nitrogen and oxygen atoms in total. The van der Waals surface area contributed by atoms with Crippen LogP contribution in [0.2, 0.25) is 0 Å². The van der Waals surface area contributed by atoms with E-state index in [1.54, 1.807) is 41.2 Å². The highest BCUT2D eigenvalue weighted by Gasteiger charge is 2.43. The molecule has 0 saturated heterocycles. The van der Waals surface area contributed by atoms with Crippen LogP contribution in [-0.2, 0) is 14.3 Å². The fourth-order valence-corrected chi connectivity index (χ4v) is 5.26. The van der Waals surface area contributed by atoms with Crippen LogP contribution in [0.3, 0.4) is 0 Å². The number of Topliss-reactive ketones (excluding diaryl/α,β-unsaturated/α-hetero) is 1. The number of hydrogen-bond acceptors (Lipinski definition) is 7. The maximum atomic E-state index is 13.9. The standard InChI is InChI=1S/C29H33NO6/c1-16(2)36-29(32)25-17(3)30-21-14-18(19-10-7-8-12-23(19)33-4)15-22(31)27(21)26(25)20-11-9-13-24(34-5)28(20)35-6/h7-13,16,18,26,30H,14-15H2,1-6H3/t18-,26+/m0/s1. The Bertz CT molecular complexity index is 1240. The number of ketones is 1. The van der Waals surface area contributed by atoms with Crippen molar-refractivity contribution in [1.29, 1.82) is 0 Å². The van der Waals surface area contributed by atoms with Gasteiger partial charge >= 0.3 is 5.97 Å². The van der Waals surface area contributed by atoms with E-state index in [0.29, 0.717) is 46.7 Å². The summed E-state index contributed by atoms with van der Waals surface area (Å²) in [4.78, 5) is 27.2. The number of hydrogen-bond donors (Lipinski definition) is 1. The fraction of sp³-hybridized carbons (Fsp3) is 0.379. The van der Waals surface area contributed by atoms with E-state index in [9.17, 15) is 9.59 Å². The van der Waals surface area contributed by atoms with Crippen LogP contribution in [0, 0.1) is 0 Å². The van der Waals surface area contributed by atoms with Crippen molar-refractivity contribution < 1.29 is 28.5 Å². The third-order valence-corrected chi connectivity index (χ3v) is 6.71. The molecule has 190 valence electrons. The number of para-hydroxylation sites is 2. The van der Waals surface area contributed by atoms with E-state index in [4.69, 9.17) is 18.9 Å². The molecule has 0 aromatic heterocycles. The van der Waals surface area contributed by atoms with E-state index < -0.39 is 11.9 Å². The van der Waals surface area contributed by atoms with Gasteiger partial charge in [0.05, 0.1) is 38.9 Å². The van der Waals surface area contributed by atoms with Gasteiger partial charge in [-0.15, -0.1) is 0 Å². The molecule has 1 heterocycles. The van der Waals surface area contributed by atoms with Gasteiger partial charge in [-0.25, -0.2) is 4.79 Å². The summed E-state index contributed by atoms with van der Waals surface area (Å²) >= 11 is 0. The van der Waals surface area contributed by atoms with E-state index in [2.05, 4.69) is 5.32 Å². The van der Waals surface area contributed by atoms with Crippen molar-refractivity contribution in [3.8, 4) is 17.2 Å². The molecule has 0 fully saturated rings. The van der Waals surface area contributed by atoms with Gasteiger partial charge in [-0.3, -0.25) is 4.79 Å². The van der Waals surface area contributed by atoms with Crippen molar-refractivity contribution in [3.05, 3.63) is 76.1 Å². The van der Waals surface area contributed by atoms with E-state index in [0.717, 1.165) is 17.0 Å². The zero-order chi connectivity index (χ0) is 26.0. The molecule has 1 aliphatic carbocycles. The van der Waals surface area contributed by atoms with Crippen molar-refractivity contribution in [2.45, 2.75) is 51.6 Å². The van der Waals surface area contributed by atoms with Gasteiger partial charge in [0.2, 0.25) is 0 Å². The number of benzene rings is 2. The SMILES string of the molecule is COc1ccccc1[C@@H]1CC(=O)C2=C(C1)NC(C)=C(C(=O)OC(C)C)[C@H]2c1cccc(OC)c1OC. The summed E-state index contributed by atoms with van der Waals surface area (Å²) in [5, 5.41) is 3.38. The number of nitrogens with one attached hydrogen (secondary N) is 1. The van der Waals surface area contributed by atoms with Crippen molar-refractivity contribution in [2.75, 3.05) is 21.3 Å². The third kappa shape index (κ3) is 4.57. The monoisotopic (exact) mass is 491 g/mol. The fourth-order valence-electron chi connectivity index (χ4n) is 5.26. The Morgan fingerprint density at radius 2 is 1.58 bits per heavy atom. The largest absolute Gasteiger partial charge is 0.496 e. The highest BCUT2D eigenvalue weighted by molar-refractivity contribution is 6.04. The molecule has 2 aliphatic rings. The van der Waals surface area contributed by atoms with E-state index >= 15 is 0 Å². The molecule has 1 N–H and O–H groups in total. The molecule has 4 rings (SSSR count). The third-order valence-electron chi connectivity index (χ3n) is 6.71. The Morgan fingerprint density at radius 1 is 0.917 bits per heavy atom. The van der Waals surface area contributed by atoms with Crippen molar-refractivity contribution in [1.82, 2.24) is 5.32 Å². The summed E-state index contributed by atoms with van der Waals surface area (Å²) in [6.07, 6.45) is 0.599. The van der Waals surface area contributed by atoms with Crippen LogP contribution in [0.5, 0.6) is 17.2 Å². The molecule has 2 aromatic carbocycles. The van der Waals surface area contributed by atoms with E-state index in [1.165, 1.54) is 0 Å². The Balaban J connectivity index is 1.88. The average Bonchev–Trinajstić information content (AvgIpc) is 2.86. The lowest BCUT2D eigenvalue weighted by Gasteiger charge is -2.37. The minimum atomic E-state index is -0.649. The normalized spacial score (nSPS) is 19.6. The van der Waals surface area contributed by atoms with Gasteiger partial charge in [0.25, 0.3) is 0 Å². The Hall–Kier alpha value is -3.74. The van der Waals surface area contributed by atoms with E-state index in [1.807, 2.05) is 43.3 Å². The predicted octanol–water partition coefficient (Wildman–Crippen LogP) is 5.03. The number of rotatable bonds is 7. The number of carbonyl (C=O) groups excluding carboxylic acids is 2. The van der Waals surface area contributed by atoms with Crippen LogP contribution < -0.4 is 19.5 Å². The van der Waals surface area contributed by atoms with Gasteiger partial charge < -0.3 is 24.3 Å². The van der Waals surface area contributed by atoms with Crippen molar-refractivity contribution in [3.63, 3.8) is 0 Å². The summed E-state index contributed by atoms with van der Waals surface area (Å²) in [5.74, 6) is 0.581. The summed E-state index contributed by atoms with van der Waals surface area (Å²) in [6.45, 7) is 5.45.